The normalized spacial score (nSPS) is 21.4. The molecule has 1 aliphatic rings. The number of benzene rings is 1. The molecule has 0 radical (unpaired) electrons. The first-order valence-corrected chi connectivity index (χ1v) is 10.1. The van der Waals surface area contributed by atoms with E-state index in [1.807, 2.05) is 0 Å². The Balaban J connectivity index is 1.52. The summed E-state index contributed by atoms with van der Waals surface area (Å²) in [4.78, 5) is 0. The molecule has 1 heteroatoms. The lowest BCUT2D eigenvalue weighted by atomic mass is 9.77. The minimum Gasteiger partial charge on any atom is -0.399 e. The monoisotopic (exact) mass is 315 g/mol. The third kappa shape index (κ3) is 6.97. The molecule has 1 nitrogen and oxygen atoms in total. The highest BCUT2D eigenvalue weighted by atomic mass is 14.5. The van der Waals surface area contributed by atoms with E-state index >= 15 is 0 Å². The van der Waals surface area contributed by atoms with Gasteiger partial charge in [-0.05, 0) is 55.2 Å². The van der Waals surface area contributed by atoms with Gasteiger partial charge in [-0.15, -0.1) is 0 Å². The van der Waals surface area contributed by atoms with Crippen LogP contribution >= 0.6 is 0 Å². The second-order valence-corrected chi connectivity index (χ2v) is 7.65. The standard InChI is InChI=1S/C22H37N/c1-2-3-4-5-6-7-8-9-10-19-11-13-20(14-12-19)21-15-17-22(23)18-16-21/h15-20H,2-14,23H2,1H3. The zero-order valence-corrected chi connectivity index (χ0v) is 15.2. The van der Waals surface area contributed by atoms with Crippen LogP contribution in [0.15, 0.2) is 24.3 Å². The van der Waals surface area contributed by atoms with Crippen LogP contribution < -0.4 is 5.73 Å². The largest absolute Gasteiger partial charge is 0.399 e. The van der Waals surface area contributed by atoms with Gasteiger partial charge in [0, 0.05) is 5.69 Å². The van der Waals surface area contributed by atoms with E-state index in [1.54, 1.807) is 0 Å². The van der Waals surface area contributed by atoms with E-state index in [9.17, 15) is 0 Å². The Bertz CT molecular complexity index is 400. The molecular weight excluding hydrogens is 278 g/mol. The lowest BCUT2D eigenvalue weighted by Crippen LogP contribution is -2.13. The van der Waals surface area contributed by atoms with Crippen LogP contribution in [0.4, 0.5) is 5.69 Å². The van der Waals surface area contributed by atoms with Gasteiger partial charge < -0.3 is 5.73 Å². The zero-order chi connectivity index (χ0) is 16.3. The molecule has 0 aliphatic heterocycles. The van der Waals surface area contributed by atoms with Gasteiger partial charge in [0.05, 0.1) is 0 Å². The molecule has 0 atom stereocenters. The molecule has 1 saturated carbocycles. The molecular formula is C22H37N. The first-order valence-electron chi connectivity index (χ1n) is 10.1. The minimum atomic E-state index is 0.783. The van der Waals surface area contributed by atoms with E-state index in [-0.39, 0.29) is 0 Å². The Labute approximate surface area is 144 Å². The van der Waals surface area contributed by atoms with E-state index in [4.69, 9.17) is 5.73 Å². The second-order valence-electron chi connectivity index (χ2n) is 7.65. The minimum absolute atomic E-state index is 0.783. The Morgan fingerprint density at radius 1 is 0.783 bits per heavy atom. The van der Waals surface area contributed by atoms with Gasteiger partial charge in [-0.1, -0.05) is 76.8 Å². The molecule has 0 saturated heterocycles. The molecule has 130 valence electrons. The lowest BCUT2D eigenvalue weighted by molar-refractivity contribution is 0.302. The maximum atomic E-state index is 5.79. The number of rotatable bonds is 10. The van der Waals surface area contributed by atoms with Crippen LogP contribution in [0.25, 0.3) is 0 Å². The molecule has 1 aliphatic carbocycles. The number of unbranched alkanes of at least 4 members (excludes halogenated alkanes) is 7. The van der Waals surface area contributed by atoms with Crippen molar-refractivity contribution < 1.29 is 0 Å². The molecule has 0 amide bonds. The Hall–Kier alpha value is -0.980. The quantitative estimate of drug-likeness (QED) is 0.362. The predicted octanol–water partition coefficient (Wildman–Crippen LogP) is 7.07. The number of hydrogen-bond donors (Lipinski definition) is 1. The highest BCUT2D eigenvalue weighted by Crippen LogP contribution is 2.37. The van der Waals surface area contributed by atoms with Crippen molar-refractivity contribution in [3.63, 3.8) is 0 Å². The number of hydrogen-bond acceptors (Lipinski definition) is 1. The summed E-state index contributed by atoms with van der Waals surface area (Å²) < 4.78 is 0. The van der Waals surface area contributed by atoms with Crippen LogP contribution in [0.3, 0.4) is 0 Å². The van der Waals surface area contributed by atoms with Crippen molar-refractivity contribution in [1.29, 1.82) is 0 Å². The number of nitrogens with two attached hydrogens (primary N) is 1. The maximum absolute atomic E-state index is 5.79. The summed E-state index contributed by atoms with van der Waals surface area (Å²) >= 11 is 0. The molecule has 0 heterocycles. The van der Waals surface area contributed by atoms with Crippen molar-refractivity contribution >= 4 is 5.69 Å². The van der Waals surface area contributed by atoms with E-state index in [0.29, 0.717) is 0 Å². The van der Waals surface area contributed by atoms with E-state index < -0.39 is 0 Å². The summed E-state index contributed by atoms with van der Waals surface area (Å²) in [5, 5.41) is 0. The van der Waals surface area contributed by atoms with Crippen molar-refractivity contribution in [2.45, 2.75) is 96.3 Å². The highest BCUT2D eigenvalue weighted by Gasteiger charge is 2.21. The third-order valence-electron chi connectivity index (χ3n) is 5.72. The van der Waals surface area contributed by atoms with Gasteiger partial charge in [0.2, 0.25) is 0 Å². The summed E-state index contributed by atoms with van der Waals surface area (Å²) in [6.07, 6.45) is 18.7. The van der Waals surface area contributed by atoms with Crippen LogP contribution in [-0.2, 0) is 0 Å². The van der Waals surface area contributed by atoms with Gasteiger partial charge in [0.15, 0.2) is 0 Å². The molecule has 0 aromatic heterocycles. The topological polar surface area (TPSA) is 26.0 Å². The van der Waals surface area contributed by atoms with Crippen LogP contribution in [0.5, 0.6) is 0 Å². The van der Waals surface area contributed by atoms with Gasteiger partial charge in [-0.3, -0.25) is 0 Å². The average Bonchev–Trinajstić information content (AvgIpc) is 2.59. The van der Waals surface area contributed by atoms with Crippen LogP contribution in [0.2, 0.25) is 0 Å². The van der Waals surface area contributed by atoms with Crippen molar-refractivity contribution in [3.05, 3.63) is 29.8 Å². The Morgan fingerprint density at radius 3 is 1.96 bits per heavy atom. The van der Waals surface area contributed by atoms with Crippen molar-refractivity contribution in [3.8, 4) is 0 Å². The summed E-state index contributed by atoms with van der Waals surface area (Å²) in [5.41, 5.74) is 8.18. The van der Waals surface area contributed by atoms with E-state index in [2.05, 4.69) is 31.2 Å². The van der Waals surface area contributed by atoms with Crippen LogP contribution in [0, 0.1) is 5.92 Å². The highest BCUT2D eigenvalue weighted by molar-refractivity contribution is 5.40. The molecule has 0 spiro atoms. The molecule has 2 rings (SSSR count). The smallest absolute Gasteiger partial charge is 0.0314 e. The second kappa shape index (κ2) is 10.7. The fourth-order valence-corrected chi connectivity index (χ4v) is 4.12. The lowest BCUT2D eigenvalue weighted by Gasteiger charge is -2.29. The van der Waals surface area contributed by atoms with E-state index in [1.165, 1.54) is 89.0 Å². The molecule has 0 unspecified atom stereocenters. The molecule has 1 fully saturated rings. The number of nitrogen functional groups attached to an aromatic ring is 1. The summed E-state index contributed by atoms with van der Waals surface area (Å²) in [6, 6.07) is 8.58. The Kier molecular flexibility index (Phi) is 8.57. The summed E-state index contributed by atoms with van der Waals surface area (Å²) in [5.74, 6) is 1.78. The number of anilines is 1. The van der Waals surface area contributed by atoms with Gasteiger partial charge >= 0.3 is 0 Å². The predicted molar refractivity (Wildman–Crippen MR) is 103 cm³/mol. The Morgan fingerprint density at radius 2 is 1.35 bits per heavy atom. The zero-order valence-electron chi connectivity index (χ0n) is 15.2. The fourth-order valence-electron chi connectivity index (χ4n) is 4.12. The average molecular weight is 316 g/mol. The summed E-state index contributed by atoms with van der Waals surface area (Å²) in [7, 11) is 0. The first kappa shape index (κ1) is 18.4. The van der Waals surface area contributed by atoms with Crippen LogP contribution in [0.1, 0.15) is 102 Å². The molecule has 2 N–H and O–H groups in total. The molecule has 23 heavy (non-hydrogen) atoms. The van der Waals surface area contributed by atoms with Crippen molar-refractivity contribution in [2.24, 2.45) is 5.92 Å². The molecule has 1 aromatic rings. The molecule has 0 bridgehead atoms. The van der Waals surface area contributed by atoms with Crippen molar-refractivity contribution in [2.75, 3.05) is 5.73 Å². The molecule has 1 aromatic carbocycles. The van der Waals surface area contributed by atoms with E-state index in [0.717, 1.165) is 17.5 Å². The SMILES string of the molecule is CCCCCCCCCCC1CCC(c2ccc(N)cc2)CC1. The maximum Gasteiger partial charge on any atom is 0.0314 e. The fraction of sp³-hybridized carbons (Fsp3) is 0.727. The first-order chi connectivity index (χ1) is 11.3. The van der Waals surface area contributed by atoms with Gasteiger partial charge in [0.1, 0.15) is 0 Å². The van der Waals surface area contributed by atoms with Gasteiger partial charge in [-0.2, -0.15) is 0 Å². The van der Waals surface area contributed by atoms with Gasteiger partial charge in [-0.25, -0.2) is 0 Å². The van der Waals surface area contributed by atoms with Crippen LogP contribution in [-0.4, -0.2) is 0 Å². The van der Waals surface area contributed by atoms with Crippen molar-refractivity contribution in [1.82, 2.24) is 0 Å². The summed E-state index contributed by atoms with van der Waals surface area (Å²) in [6.45, 7) is 2.29. The third-order valence-corrected chi connectivity index (χ3v) is 5.72. The van der Waals surface area contributed by atoms with Gasteiger partial charge in [0.25, 0.3) is 0 Å².